The molecule has 0 fully saturated rings. The topological polar surface area (TPSA) is 166 Å². The van der Waals surface area contributed by atoms with Crippen LogP contribution >= 0.6 is 0 Å². The van der Waals surface area contributed by atoms with Crippen molar-refractivity contribution in [1.82, 2.24) is 4.98 Å². The van der Waals surface area contributed by atoms with Crippen molar-refractivity contribution in [3.05, 3.63) is 58.6 Å². The lowest BCUT2D eigenvalue weighted by molar-refractivity contribution is -0.122. The summed E-state index contributed by atoms with van der Waals surface area (Å²) < 4.78 is 4.94. The second-order valence-corrected chi connectivity index (χ2v) is 6.50. The first kappa shape index (κ1) is 20.8. The van der Waals surface area contributed by atoms with Gasteiger partial charge >= 0.3 is 5.76 Å². The Balaban J connectivity index is 1.63. The fourth-order valence-corrected chi connectivity index (χ4v) is 2.92. The van der Waals surface area contributed by atoms with Crippen LogP contribution in [-0.4, -0.2) is 40.9 Å². The number of carbonyl (C=O) groups excluding carboxylic acids is 2. The molecule has 1 heterocycles. The van der Waals surface area contributed by atoms with Gasteiger partial charge in [0.25, 0.3) is 0 Å². The Kier molecular flexibility index (Phi) is 6.28. The van der Waals surface area contributed by atoms with Crippen molar-refractivity contribution in [3.63, 3.8) is 0 Å². The summed E-state index contributed by atoms with van der Waals surface area (Å²) in [5, 5.41) is 19.4. The van der Waals surface area contributed by atoms with Crippen LogP contribution in [0.25, 0.3) is 11.1 Å². The second-order valence-electron chi connectivity index (χ2n) is 6.50. The van der Waals surface area contributed by atoms with Gasteiger partial charge in [-0.1, -0.05) is 0 Å². The Hall–Kier alpha value is -3.92. The molecule has 0 aliphatic rings. The number of aliphatic hydroxyl groups is 1. The summed E-state index contributed by atoms with van der Waals surface area (Å²) >= 11 is 0. The molecule has 0 aliphatic heterocycles. The molecule has 6 N–H and O–H groups in total. The number of amidine groups is 1. The van der Waals surface area contributed by atoms with Crippen molar-refractivity contribution in [2.24, 2.45) is 5.73 Å². The largest absolute Gasteiger partial charge is 0.417 e. The van der Waals surface area contributed by atoms with E-state index in [9.17, 15) is 19.5 Å². The Morgan fingerprint density at radius 1 is 1.17 bits per heavy atom. The number of fused-ring (bicyclic) bond motifs is 1. The molecule has 0 atom stereocenters. The molecule has 0 spiro atoms. The Morgan fingerprint density at radius 3 is 2.57 bits per heavy atom. The summed E-state index contributed by atoms with van der Waals surface area (Å²) in [4.78, 5) is 40.0. The predicted octanol–water partition coefficient (Wildman–Crippen LogP) is 1.15. The van der Waals surface area contributed by atoms with Gasteiger partial charge in [-0.2, -0.15) is 0 Å². The Morgan fingerprint density at radius 2 is 1.90 bits per heavy atom. The highest BCUT2D eigenvalue weighted by molar-refractivity contribution is 5.99. The number of aromatic amines is 1. The van der Waals surface area contributed by atoms with Gasteiger partial charge in [-0.3, -0.25) is 20.0 Å². The third-order valence-electron chi connectivity index (χ3n) is 4.38. The van der Waals surface area contributed by atoms with Gasteiger partial charge < -0.3 is 25.5 Å². The number of oxazole rings is 1. The monoisotopic (exact) mass is 411 g/mol. The first-order valence-corrected chi connectivity index (χ1v) is 9.16. The number of amides is 2. The molecule has 156 valence electrons. The Labute approximate surface area is 170 Å². The van der Waals surface area contributed by atoms with E-state index in [2.05, 4.69) is 10.3 Å². The highest BCUT2D eigenvalue weighted by Gasteiger charge is 2.18. The smallest absolute Gasteiger partial charge is 0.408 e. The lowest BCUT2D eigenvalue weighted by Crippen LogP contribution is -2.34. The molecule has 0 saturated heterocycles. The molecule has 0 saturated carbocycles. The zero-order valence-electron chi connectivity index (χ0n) is 16.0. The van der Waals surface area contributed by atoms with Gasteiger partial charge in [0.1, 0.15) is 5.84 Å². The number of aliphatic hydroxyl groups excluding tert-OH is 1. The van der Waals surface area contributed by atoms with Crippen LogP contribution in [0.5, 0.6) is 0 Å². The zero-order chi connectivity index (χ0) is 21.7. The third-order valence-corrected chi connectivity index (χ3v) is 4.38. The van der Waals surface area contributed by atoms with Gasteiger partial charge in [-0.05, 0) is 42.5 Å². The van der Waals surface area contributed by atoms with E-state index < -0.39 is 5.76 Å². The molecule has 0 unspecified atom stereocenters. The maximum absolute atomic E-state index is 12.7. The van der Waals surface area contributed by atoms with E-state index >= 15 is 0 Å². The number of rotatable bonds is 8. The maximum Gasteiger partial charge on any atom is 0.417 e. The van der Waals surface area contributed by atoms with Crippen molar-refractivity contribution in [3.8, 4) is 0 Å². The number of nitrogen functional groups attached to an aromatic ring is 1. The minimum atomic E-state index is -0.602. The van der Waals surface area contributed by atoms with E-state index in [0.717, 1.165) is 0 Å². The van der Waals surface area contributed by atoms with Crippen molar-refractivity contribution in [2.45, 2.75) is 12.8 Å². The van der Waals surface area contributed by atoms with Crippen LogP contribution in [0.2, 0.25) is 0 Å². The minimum absolute atomic E-state index is 0.0422. The molecule has 0 bridgehead atoms. The van der Waals surface area contributed by atoms with E-state index in [1.165, 1.54) is 4.90 Å². The SMILES string of the molecule is N=C(N)c1ccc(NC(=O)CCC(=O)N(CCO)c2ccc3oc(=O)[nH]c3c2)cc1. The van der Waals surface area contributed by atoms with E-state index in [1.54, 1.807) is 42.5 Å². The minimum Gasteiger partial charge on any atom is -0.408 e. The van der Waals surface area contributed by atoms with Crippen LogP contribution in [0.1, 0.15) is 18.4 Å². The van der Waals surface area contributed by atoms with E-state index in [4.69, 9.17) is 15.6 Å². The fraction of sp³-hybridized carbons (Fsp3) is 0.200. The number of nitrogens with two attached hydrogens (primary N) is 1. The quantitative estimate of drug-likeness (QED) is 0.275. The second kappa shape index (κ2) is 9.05. The van der Waals surface area contributed by atoms with E-state index in [-0.39, 0.29) is 43.6 Å². The van der Waals surface area contributed by atoms with Gasteiger partial charge in [-0.25, -0.2) is 4.79 Å². The molecule has 10 heteroatoms. The van der Waals surface area contributed by atoms with Gasteiger partial charge in [-0.15, -0.1) is 0 Å². The lowest BCUT2D eigenvalue weighted by Gasteiger charge is -2.22. The first-order chi connectivity index (χ1) is 14.4. The highest BCUT2D eigenvalue weighted by atomic mass is 16.4. The molecule has 3 rings (SSSR count). The number of carbonyl (C=O) groups is 2. The molecule has 3 aromatic rings. The van der Waals surface area contributed by atoms with Gasteiger partial charge in [0.2, 0.25) is 11.8 Å². The predicted molar refractivity (Wildman–Crippen MR) is 112 cm³/mol. The van der Waals surface area contributed by atoms with E-state index in [1.807, 2.05) is 0 Å². The molecule has 30 heavy (non-hydrogen) atoms. The van der Waals surface area contributed by atoms with Gasteiger partial charge in [0, 0.05) is 36.3 Å². The molecular formula is C20H21N5O5. The van der Waals surface area contributed by atoms with Crippen LogP contribution in [-0.2, 0) is 9.59 Å². The maximum atomic E-state index is 12.7. The van der Waals surface area contributed by atoms with Gasteiger partial charge in [0.05, 0.1) is 12.1 Å². The number of nitrogens with zero attached hydrogens (tertiary/aromatic N) is 1. The summed E-state index contributed by atoms with van der Waals surface area (Å²) in [5.41, 5.74) is 7.72. The number of nitrogens with one attached hydrogen (secondary N) is 3. The van der Waals surface area contributed by atoms with Crippen LogP contribution < -0.4 is 21.7 Å². The summed E-state index contributed by atoms with van der Waals surface area (Å²) in [6.07, 6.45) is -0.128. The lowest BCUT2D eigenvalue weighted by atomic mass is 10.2. The number of aromatic nitrogens is 1. The molecule has 2 amide bonds. The fourth-order valence-electron chi connectivity index (χ4n) is 2.92. The van der Waals surface area contributed by atoms with Crippen LogP contribution in [0.3, 0.4) is 0 Å². The first-order valence-electron chi connectivity index (χ1n) is 9.16. The van der Waals surface area contributed by atoms with Crippen molar-refractivity contribution in [2.75, 3.05) is 23.4 Å². The number of anilines is 2. The highest BCUT2D eigenvalue weighted by Crippen LogP contribution is 2.21. The molecule has 2 aromatic carbocycles. The van der Waals surface area contributed by atoms with Crippen LogP contribution in [0.4, 0.5) is 11.4 Å². The average molecular weight is 411 g/mol. The zero-order valence-corrected chi connectivity index (χ0v) is 16.0. The summed E-state index contributed by atoms with van der Waals surface area (Å²) in [6.45, 7) is -0.221. The Bertz CT molecular complexity index is 1130. The van der Waals surface area contributed by atoms with Crippen molar-refractivity contribution >= 4 is 40.1 Å². The number of benzene rings is 2. The summed E-state index contributed by atoms with van der Waals surface area (Å²) in [7, 11) is 0. The van der Waals surface area contributed by atoms with Crippen LogP contribution in [0, 0.1) is 5.41 Å². The number of H-pyrrole nitrogens is 1. The number of hydrogen-bond donors (Lipinski definition) is 5. The average Bonchev–Trinajstić information content (AvgIpc) is 3.09. The van der Waals surface area contributed by atoms with Gasteiger partial charge in [0.15, 0.2) is 5.58 Å². The normalized spacial score (nSPS) is 10.7. The standard InChI is InChI=1S/C20H21N5O5/c21-19(22)12-1-3-13(4-2-12)23-17(27)7-8-18(28)25(9-10-26)14-5-6-16-15(11-14)24-20(29)30-16/h1-6,11,26H,7-10H2,(H3,21,22)(H,23,27)(H,24,29). The molecule has 0 radical (unpaired) electrons. The van der Waals surface area contributed by atoms with Crippen molar-refractivity contribution in [1.29, 1.82) is 5.41 Å². The third kappa shape index (κ3) is 4.92. The molecular weight excluding hydrogens is 390 g/mol. The summed E-state index contributed by atoms with van der Waals surface area (Å²) in [6, 6.07) is 11.2. The summed E-state index contributed by atoms with van der Waals surface area (Å²) in [5.74, 6) is -1.37. The van der Waals surface area contributed by atoms with E-state index in [0.29, 0.717) is 28.0 Å². The molecule has 0 aliphatic carbocycles. The van der Waals surface area contributed by atoms with Crippen molar-refractivity contribution < 1.29 is 19.1 Å². The van der Waals surface area contributed by atoms with Crippen LogP contribution in [0.15, 0.2) is 51.7 Å². The molecule has 10 nitrogen and oxygen atoms in total. The number of hydrogen-bond acceptors (Lipinski definition) is 6. The molecule has 1 aromatic heterocycles.